The van der Waals surface area contributed by atoms with Crippen LogP contribution in [0.3, 0.4) is 0 Å². The third-order valence-electron chi connectivity index (χ3n) is 8.55. The minimum Gasteiger partial charge on any atom is -0.444 e. The number of ether oxygens (including phenoxy) is 4. The van der Waals surface area contributed by atoms with Gasteiger partial charge < -0.3 is 44.6 Å². The van der Waals surface area contributed by atoms with Crippen molar-refractivity contribution in [3.05, 3.63) is 46.8 Å². The lowest BCUT2D eigenvalue weighted by molar-refractivity contribution is -0.389. The van der Waals surface area contributed by atoms with Crippen LogP contribution in [-0.4, -0.2) is 124 Å². The molecule has 2 aromatic rings. The van der Waals surface area contributed by atoms with Crippen molar-refractivity contribution in [1.29, 1.82) is 0 Å². The van der Waals surface area contributed by atoms with Crippen LogP contribution in [0.1, 0.15) is 54.4 Å². The number of nitrogens with zero attached hydrogens (tertiary/aromatic N) is 7. The minimum absolute atomic E-state index is 0.0712. The van der Waals surface area contributed by atoms with E-state index in [-0.39, 0.29) is 68.4 Å². The Kier molecular flexibility index (Phi) is 11.2. The highest BCUT2D eigenvalue weighted by molar-refractivity contribution is 5.95. The van der Waals surface area contributed by atoms with Gasteiger partial charge in [-0.2, -0.15) is 0 Å². The van der Waals surface area contributed by atoms with Gasteiger partial charge in [-0.15, -0.1) is 0 Å². The lowest BCUT2D eigenvalue weighted by Crippen LogP contribution is -2.57. The smallest absolute Gasteiger partial charge is 0.411 e. The number of carbonyl (C=O) groups is 4. The number of nitrogen functional groups attached to an aromatic ring is 1. The SMILES string of the molecule is CC(C)(C)OC(=O)N1C2COCC1CN(c1ccc(N)nc1)C(=O)C2.CC(C)(C)OC(=O)N1C2COCC1CN(c1ccc([N+](=O)[O-])nc1)C(=O)C2. The van der Waals surface area contributed by atoms with Crippen molar-refractivity contribution in [2.75, 3.05) is 55.1 Å². The monoisotopic (exact) mass is 726 g/mol. The first-order valence-corrected chi connectivity index (χ1v) is 17.0. The zero-order valence-electron chi connectivity index (χ0n) is 30.2. The summed E-state index contributed by atoms with van der Waals surface area (Å²) in [6, 6.07) is 4.77. The molecule has 4 aliphatic heterocycles. The van der Waals surface area contributed by atoms with Gasteiger partial charge in [0.25, 0.3) is 0 Å². The number of rotatable bonds is 3. The second-order valence-electron chi connectivity index (χ2n) is 15.0. The summed E-state index contributed by atoms with van der Waals surface area (Å²) in [5.41, 5.74) is 5.49. The van der Waals surface area contributed by atoms with Gasteiger partial charge in [-0.1, -0.05) is 0 Å². The molecule has 6 rings (SSSR count). The number of amides is 4. The zero-order chi connectivity index (χ0) is 38.0. The van der Waals surface area contributed by atoms with Crippen molar-refractivity contribution in [3.8, 4) is 0 Å². The molecule has 2 aromatic heterocycles. The Balaban J connectivity index is 0.000000202. The molecule has 0 aliphatic carbocycles. The Bertz CT molecular complexity index is 1640. The average molecular weight is 727 g/mol. The number of nitro groups is 1. The maximum atomic E-state index is 12.8. The summed E-state index contributed by atoms with van der Waals surface area (Å²) in [5, 5.41) is 10.8. The van der Waals surface area contributed by atoms with Crippen molar-refractivity contribution >= 4 is 47.0 Å². The van der Waals surface area contributed by atoms with Crippen LogP contribution >= 0.6 is 0 Å². The summed E-state index contributed by atoms with van der Waals surface area (Å²) in [5.74, 6) is -0.169. The molecule has 4 aliphatic rings. The number of hydrogen-bond acceptors (Lipinski definition) is 13. The Labute approximate surface area is 301 Å². The van der Waals surface area contributed by atoms with Crippen LogP contribution in [0, 0.1) is 10.1 Å². The van der Waals surface area contributed by atoms with Crippen LogP contribution in [0.2, 0.25) is 0 Å². The maximum absolute atomic E-state index is 12.8. The van der Waals surface area contributed by atoms with E-state index >= 15 is 0 Å². The molecule has 2 N–H and O–H groups in total. The van der Waals surface area contributed by atoms with E-state index in [1.807, 2.05) is 20.8 Å². The molecule has 282 valence electrons. The van der Waals surface area contributed by atoms with Gasteiger partial charge in [0, 0.05) is 32.0 Å². The molecule has 0 saturated carbocycles. The van der Waals surface area contributed by atoms with E-state index in [0.29, 0.717) is 37.0 Å². The van der Waals surface area contributed by atoms with Crippen LogP contribution in [0.5, 0.6) is 0 Å². The summed E-state index contributed by atoms with van der Waals surface area (Å²) in [6.07, 6.45) is 2.24. The molecule has 4 amide bonds. The van der Waals surface area contributed by atoms with Crippen molar-refractivity contribution in [2.24, 2.45) is 0 Å². The van der Waals surface area contributed by atoms with Crippen molar-refractivity contribution in [2.45, 2.75) is 89.8 Å². The van der Waals surface area contributed by atoms with E-state index in [4.69, 9.17) is 24.7 Å². The number of nitrogens with two attached hydrogens (primary N) is 1. The van der Waals surface area contributed by atoms with Crippen LogP contribution in [-0.2, 0) is 28.5 Å². The predicted molar refractivity (Wildman–Crippen MR) is 186 cm³/mol. The van der Waals surface area contributed by atoms with E-state index in [2.05, 4.69) is 9.97 Å². The summed E-state index contributed by atoms with van der Waals surface area (Å²) >= 11 is 0. The molecule has 0 aromatic carbocycles. The number of anilines is 3. The van der Waals surface area contributed by atoms with E-state index in [1.165, 1.54) is 23.2 Å². The van der Waals surface area contributed by atoms with Crippen LogP contribution < -0.4 is 15.5 Å². The number of hydrogen-bond donors (Lipinski definition) is 1. The molecule has 0 radical (unpaired) electrons. The maximum Gasteiger partial charge on any atom is 0.411 e. The molecule has 4 atom stereocenters. The topological polar surface area (TPSA) is 213 Å². The van der Waals surface area contributed by atoms with Gasteiger partial charge in [-0.25, -0.2) is 14.6 Å². The summed E-state index contributed by atoms with van der Waals surface area (Å²) in [4.78, 5) is 75.2. The second kappa shape index (κ2) is 15.2. The Morgan fingerprint density at radius 3 is 1.54 bits per heavy atom. The first-order valence-electron chi connectivity index (χ1n) is 17.0. The Morgan fingerprint density at radius 1 is 0.750 bits per heavy atom. The fraction of sp³-hybridized carbons (Fsp3) is 0.588. The van der Waals surface area contributed by atoms with Crippen LogP contribution in [0.25, 0.3) is 0 Å². The predicted octanol–water partition coefficient (Wildman–Crippen LogP) is 3.14. The van der Waals surface area contributed by atoms with Crippen molar-refractivity contribution in [1.82, 2.24) is 19.8 Å². The molecule has 18 nitrogen and oxygen atoms in total. The second-order valence-corrected chi connectivity index (χ2v) is 15.0. The average Bonchev–Trinajstić information content (AvgIpc) is 3.18. The fourth-order valence-electron chi connectivity index (χ4n) is 6.37. The molecule has 4 saturated heterocycles. The van der Waals surface area contributed by atoms with Gasteiger partial charge in [-0.3, -0.25) is 19.4 Å². The molecule has 6 heterocycles. The van der Waals surface area contributed by atoms with Gasteiger partial charge in [0.2, 0.25) is 11.8 Å². The van der Waals surface area contributed by atoms with Crippen LogP contribution in [0.15, 0.2) is 36.7 Å². The first kappa shape index (κ1) is 38.1. The van der Waals surface area contributed by atoms with Gasteiger partial charge in [0.1, 0.15) is 17.0 Å². The molecule has 4 bridgehead atoms. The molecular weight excluding hydrogens is 680 g/mol. The van der Waals surface area contributed by atoms with Gasteiger partial charge >= 0.3 is 18.0 Å². The highest BCUT2D eigenvalue weighted by atomic mass is 16.6. The first-order chi connectivity index (χ1) is 24.4. The Morgan fingerprint density at radius 2 is 1.17 bits per heavy atom. The van der Waals surface area contributed by atoms with E-state index in [0.717, 1.165) is 0 Å². The van der Waals surface area contributed by atoms with Gasteiger partial charge in [-0.05, 0) is 69.6 Å². The third-order valence-corrected chi connectivity index (χ3v) is 8.55. The van der Waals surface area contributed by atoms with Crippen LogP contribution in [0.4, 0.5) is 32.6 Å². The lowest BCUT2D eigenvalue weighted by atomic mass is 10.1. The fourth-order valence-corrected chi connectivity index (χ4v) is 6.37. The third kappa shape index (κ3) is 9.22. The molecule has 52 heavy (non-hydrogen) atoms. The summed E-state index contributed by atoms with van der Waals surface area (Å²) in [7, 11) is 0. The van der Waals surface area contributed by atoms with Crippen molar-refractivity contribution in [3.63, 3.8) is 0 Å². The number of fused-ring (bicyclic) bond motifs is 4. The largest absolute Gasteiger partial charge is 0.444 e. The molecule has 0 spiro atoms. The Hall–Kier alpha value is -5.10. The number of carbonyl (C=O) groups excluding carboxylic acids is 4. The molecule has 4 unspecified atom stereocenters. The van der Waals surface area contributed by atoms with E-state index < -0.39 is 34.4 Å². The van der Waals surface area contributed by atoms with Crippen molar-refractivity contribution < 1.29 is 43.0 Å². The minimum atomic E-state index is -0.648. The molecular formula is C34H46N8O10. The summed E-state index contributed by atoms with van der Waals surface area (Å²) in [6.45, 7) is 12.6. The number of aromatic nitrogens is 2. The highest BCUT2D eigenvalue weighted by Crippen LogP contribution is 2.30. The van der Waals surface area contributed by atoms with Gasteiger partial charge in [0.05, 0.1) is 68.2 Å². The lowest BCUT2D eigenvalue weighted by Gasteiger charge is -2.40. The standard InChI is InChI=1S/C17H22N4O6.C17H24N4O4/c1-17(2,3)27-16(23)20-12-6-15(22)19(8-13(20)10-26-9-12)11-4-5-14(18-7-11)21(24)25;1-17(2,3)25-16(23)21-12-6-15(22)20(8-13(21)10-24-9-12)11-4-5-14(18)19-7-11/h4-5,7,12-13H,6,8-10H2,1-3H3;4-5,7,12-13H,6,8-10H2,1-3H3,(H2,18,19). The van der Waals surface area contributed by atoms with E-state index in [1.54, 1.807) is 53.8 Å². The zero-order valence-corrected chi connectivity index (χ0v) is 30.2. The highest BCUT2D eigenvalue weighted by Gasteiger charge is 2.45. The molecule has 4 fully saturated rings. The number of pyridine rings is 2. The summed E-state index contributed by atoms with van der Waals surface area (Å²) < 4.78 is 22.2. The van der Waals surface area contributed by atoms with Gasteiger partial charge in [0.15, 0.2) is 6.20 Å². The quantitative estimate of drug-likeness (QED) is 0.356. The number of morpholine rings is 2. The molecule has 18 heteroatoms. The van der Waals surface area contributed by atoms with E-state index in [9.17, 15) is 29.3 Å². The normalized spacial score (nSPS) is 23.5.